The van der Waals surface area contributed by atoms with E-state index in [2.05, 4.69) is 62.9 Å². The number of nitrogens with zero attached hydrogens (tertiary/aromatic N) is 1. The second-order valence-electron chi connectivity index (χ2n) is 5.93. The van der Waals surface area contributed by atoms with Gasteiger partial charge >= 0.3 is 0 Å². The van der Waals surface area contributed by atoms with Crippen molar-refractivity contribution in [2.24, 2.45) is 17.6 Å². The van der Waals surface area contributed by atoms with E-state index >= 15 is 0 Å². The highest BCUT2D eigenvalue weighted by Crippen LogP contribution is 2.32. The SMILES string of the molecule is C[C@@H]1C(N)[C@@H](C)[C@@H](C)N(Cc2ccccc2)[C@@H]1C. The van der Waals surface area contributed by atoms with Gasteiger partial charge < -0.3 is 5.73 Å². The van der Waals surface area contributed by atoms with Gasteiger partial charge in [-0.25, -0.2) is 0 Å². The van der Waals surface area contributed by atoms with E-state index in [-0.39, 0.29) is 0 Å². The maximum Gasteiger partial charge on any atom is 0.0239 e. The van der Waals surface area contributed by atoms with E-state index in [0.717, 1.165) is 6.54 Å². The molecule has 0 unspecified atom stereocenters. The first-order chi connectivity index (χ1) is 8.52. The molecule has 2 N–H and O–H groups in total. The van der Waals surface area contributed by atoms with Crippen LogP contribution >= 0.6 is 0 Å². The van der Waals surface area contributed by atoms with Crippen molar-refractivity contribution in [3.8, 4) is 0 Å². The molecule has 0 bridgehead atoms. The molecular weight excluding hydrogens is 220 g/mol. The molecule has 100 valence electrons. The van der Waals surface area contributed by atoms with Crippen molar-refractivity contribution < 1.29 is 0 Å². The molecule has 0 amide bonds. The van der Waals surface area contributed by atoms with Gasteiger partial charge in [0.05, 0.1) is 0 Å². The predicted octanol–water partition coefficient (Wildman–Crippen LogP) is 2.88. The number of hydrogen-bond donors (Lipinski definition) is 1. The fourth-order valence-corrected chi connectivity index (χ4v) is 3.18. The highest BCUT2D eigenvalue weighted by molar-refractivity contribution is 5.15. The molecule has 2 rings (SSSR count). The number of hydrogen-bond acceptors (Lipinski definition) is 2. The average Bonchev–Trinajstić information content (AvgIpc) is 2.40. The van der Waals surface area contributed by atoms with Crippen molar-refractivity contribution in [1.29, 1.82) is 0 Å². The summed E-state index contributed by atoms with van der Waals surface area (Å²) in [6, 6.07) is 12.2. The summed E-state index contributed by atoms with van der Waals surface area (Å²) < 4.78 is 0. The van der Waals surface area contributed by atoms with Crippen molar-refractivity contribution in [2.75, 3.05) is 0 Å². The maximum atomic E-state index is 6.33. The minimum Gasteiger partial charge on any atom is -0.327 e. The van der Waals surface area contributed by atoms with Crippen molar-refractivity contribution in [2.45, 2.75) is 52.4 Å². The third kappa shape index (κ3) is 2.45. The third-order valence-electron chi connectivity index (χ3n) is 4.99. The van der Waals surface area contributed by atoms with Crippen LogP contribution in [0.2, 0.25) is 0 Å². The standard InChI is InChI=1S/C16H26N2/c1-11-13(3)18(14(4)12(2)16(11)17)10-15-8-6-5-7-9-15/h5-9,11-14,16H,10,17H2,1-4H3/t11-,12-,13+,14+/m0/s1. The Morgan fingerprint density at radius 3 is 1.94 bits per heavy atom. The summed E-state index contributed by atoms with van der Waals surface area (Å²) in [5.41, 5.74) is 7.73. The van der Waals surface area contributed by atoms with Gasteiger partial charge in [0.2, 0.25) is 0 Å². The first-order valence-corrected chi connectivity index (χ1v) is 7.07. The van der Waals surface area contributed by atoms with E-state index in [0.29, 0.717) is 30.0 Å². The summed E-state index contributed by atoms with van der Waals surface area (Å²) in [6.07, 6.45) is 0. The fraction of sp³-hybridized carbons (Fsp3) is 0.625. The molecule has 0 aliphatic carbocycles. The highest BCUT2D eigenvalue weighted by Gasteiger charge is 2.39. The Bertz CT molecular complexity index is 360. The van der Waals surface area contributed by atoms with Crippen LogP contribution in [-0.2, 0) is 6.54 Å². The summed E-state index contributed by atoms with van der Waals surface area (Å²) in [6.45, 7) is 10.2. The number of piperidine rings is 1. The molecule has 1 fully saturated rings. The van der Waals surface area contributed by atoms with Crippen LogP contribution in [-0.4, -0.2) is 23.0 Å². The Balaban J connectivity index is 2.16. The molecule has 1 aromatic rings. The quantitative estimate of drug-likeness (QED) is 0.869. The van der Waals surface area contributed by atoms with Crippen LogP contribution in [0.25, 0.3) is 0 Å². The Labute approximate surface area is 111 Å². The normalized spacial score (nSPS) is 37.7. The summed E-state index contributed by atoms with van der Waals surface area (Å²) in [5.74, 6) is 1.11. The molecule has 2 nitrogen and oxygen atoms in total. The molecule has 0 radical (unpaired) electrons. The van der Waals surface area contributed by atoms with Gasteiger partial charge in [-0.3, -0.25) is 4.90 Å². The zero-order valence-corrected chi connectivity index (χ0v) is 12.0. The first-order valence-electron chi connectivity index (χ1n) is 7.07. The molecule has 0 spiro atoms. The molecule has 0 saturated carbocycles. The van der Waals surface area contributed by atoms with Gasteiger partial charge in [0.25, 0.3) is 0 Å². The summed E-state index contributed by atoms with van der Waals surface area (Å²) >= 11 is 0. The summed E-state index contributed by atoms with van der Waals surface area (Å²) in [5, 5.41) is 0. The van der Waals surface area contributed by atoms with Gasteiger partial charge in [-0.1, -0.05) is 44.2 Å². The zero-order valence-electron chi connectivity index (χ0n) is 12.0. The highest BCUT2D eigenvalue weighted by atomic mass is 15.2. The van der Waals surface area contributed by atoms with Crippen LogP contribution in [0.15, 0.2) is 30.3 Å². The summed E-state index contributed by atoms with van der Waals surface area (Å²) in [4.78, 5) is 2.61. The minimum absolute atomic E-state index is 0.321. The van der Waals surface area contributed by atoms with E-state index in [1.54, 1.807) is 0 Å². The van der Waals surface area contributed by atoms with E-state index in [4.69, 9.17) is 5.73 Å². The van der Waals surface area contributed by atoms with Crippen LogP contribution in [0.4, 0.5) is 0 Å². The van der Waals surface area contributed by atoms with Gasteiger partial charge in [0.1, 0.15) is 0 Å². The lowest BCUT2D eigenvalue weighted by Crippen LogP contribution is -2.59. The van der Waals surface area contributed by atoms with E-state index < -0.39 is 0 Å². The molecule has 18 heavy (non-hydrogen) atoms. The van der Waals surface area contributed by atoms with Gasteiger partial charge in [-0.15, -0.1) is 0 Å². The number of nitrogens with two attached hydrogens (primary N) is 1. The Hall–Kier alpha value is -0.860. The van der Waals surface area contributed by atoms with Crippen LogP contribution in [0, 0.1) is 11.8 Å². The molecule has 4 atom stereocenters. The zero-order chi connectivity index (χ0) is 13.3. The molecule has 1 heterocycles. The monoisotopic (exact) mass is 246 g/mol. The maximum absolute atomic E-state index is 6.33. The van der Waals surface area contributed by atoms with Crippen LogP contribution in [0.5, 0.6) is 0 Å². The van der Waals surface area contributed by atoms with Crippen molar-refractivity contribution in [3.63, 3.8) is 0 Å². The molecule has 2 heteroatoms. The fourth-order valence-electron chi connectivity index (χ4n) is 3.18. The van der Waals surface area contributed by atoms with E-state index in [9.17, 15) is 0 Å². The topological polar surface area (TPSA) is 29.3 Å². The number of benzene rings is 1. The van der Waals surface area contributed by atoms with Gasteiger partial charge in [0.15, 0.2) is 0 Å². The van der Waals surface area contributed by atoms with E-state index in [1.165, 1.54) is 5.56 Å². The van der Waals surface area contributed by atoms with Gasteiger partial charge in [-0.05, 0) is 31.2 Å². The average molecular weight is 246 g/mol. The second kappa shape index (κ2) is 5.41. The smallest absolute Gasteiger partial charge is 0.0239 e. The van der Waals surface area contributed by atoms with Gasteiger partial charge in [0, 0.05) is 24.7 Å². The Morgan fingerprint density at radius 2 is 1.44 bits per heavy atom. The van der Waals surface area contributed by atoms with Crippen molar-refractivity contribution in [3.05, 3.63) is 35.9 Å². The molecular formula is C16H26N2. The second-order valence-corrected chi connectivity index (χ2v) is 5.93. The molecule has 1 aliphatic rings. The van der Waals surface area contributed by atoms with Gasteiger partial charge in [-0.2, -0.15) is 0 Å². The Morgan fingerprint density at radius 1 is 0.944 bits per heavy atom. The largest absolute Gasteiger partial charge is 0.327 e. The van der Waals surface area contributed by atoms with E-state index in [1.807, 2.05) is 0 Å². The number of likely N-dealkylation sites (tertiary alicyclic amines) is 1. The van der Waals surface area contributed by atoms with Crippen molar-refractivity contribution >= 4 is 0 Å². The molecule has 1 aromatic carbocycles. The minimum atomic E-state index is 0.321. The third-order valence-corrected chi connectivity index (χ3v) is 4.99. The lowest BCUT2D eigenvalue weighted by atomic mass is 9.77. The van der Waals surface area contributed by atoms with Crippen LogP contribution in [0.1, 0.15) is 33.3 Å². The first kappa shape index (κ1) is 13.6. The summed E-state index contributed by atoms with van der Waals surface area (Å²) in [7, 11) is 0. The molecule has 1 aliphatic heterocycles. The predicted molar refractivity (Wildman–Crippen MR) is 77.2 cm³/mol. The molecule has 1 saturated heterocycles. The van der Waals surface area contributed by atoms with Crippen LogP contribution in [0.3, 0.4) is 0 Å². The Kier molecular flexibility index (Phi) is 4.08. The molecule has 0 aromatic heterocycles. The van der Waals surface area contributed by atoms with Crippen molar-refractivity contribution in [1.82, 2.24) is 4.90 Å². The lowest BCUT2D eigenvalue weighted by Gasteiger charge is -2.49. The van der Waals surface area contributed by atoms with Crippen LogP contribution < -0.4 is 5.73 Å². The number of rotatable bonds is 2. The lowest BCUT2D eigenvalue weighted by molar-refractivity contribution is 0.00588.